The number of hydrogen-bond acceptors (Lipinski definition) is 5. The second kappa shape index (κ2) is 20.5. The van der Waals surface area contributed by atoms with Crippen molar-refractivity contribution < 1.29 is 9.59 Å². The Morgan fingerprint density at radius 2 is 1.77 bits per heavy atom. The lowest BCUT2D eigenvalue weighted by atomic mass is 10.1. The van der Waals surface area contributed by atoms with Crippen LogP contribution in [0, 0.1) is 6.92 Å². The highest BCUT2D eigenvalue weighted by atomic mass is 16.1. The Morgan fingerprint density at radius 1 is 1.07 bits per heavy atom. The minimum atomic E-state index is -0.452. The number of amidine groups is 1. The summed E-state index contributed by atoms with van der Waals surface area (Å²) in [7, 11) is 3.24. The van der Waals surface area contributed by atoms with Crippen LogP contribution < -0.4 is 16.8 Å². The van der Waals surface area contributed by atoms with Gasteiger partial charge in [0, 0.05) is 19.2 Å². The highest BCUT2D eigenvalue weighted by Crippen LogP contribution is 2.11. The minimum Gasteiger partial charge on any atom is -0.381 e. The number of nitrogens with zero attached hydrogens (tertiary/aromatic N) is 2. The summed E-state index contributed by atoms with van der Waals surface area (Å²) in [5.74, 6) is 0.120. The van der Waals surface area contributed by atoms with Crippen LogP contribution in [0.4, 0.5) is 0 Å². The maximum Gasteiger partial charge on any atom is 0.236 e. The molecule has 0 radical (unpaired) electrons. The number of nitrogens with one attached hydrogen (secondary N) is 1. The molecule has 0 spiro atoms. The van der Waals surface area contributed by atoms with Gasteiger partial charge in [0.2, 0.25) is 5.91 Å². The molecule has 5 N–H and O–H groups in total. The van der Waals surface area contributed by atoms with E-state index in [-0.39, 0.29) is 6.54 Å². The molecule has 0 bridgehead atoms. The van der Waals surface area contributed by atoms with Crippen molar-refractivity contribution in [1.29, 1.82) is 0 Å². The third kappa shape index (κ3) is 13.9. The summed E-state index contributed by atoms with van der Waals surface area (Å²) in [5, 5.41) is 3.09. The Hall–Kier alpha value is -4.49. The summed E-state index contributed by atoms with van der Waals surface area (Å²) in [6.45, 7) is 4.77. The fourth-order valence-electron chi connectivity index (χ4n) is 3.56. The van der Waals surface area contributed by atoms with Gasteiger partial charge in [-0.3, -0.25) is 9.59 Å². The summed E-state index contributed by atoms with van der Waals surface area (Å²) in [4.78, 5) is 28.9. The maximum atomic E-state index is 11.4. The van der Waals surface area contributed by atoms with Crippen LogP contribution in [0.2, 0.25) is 0 Å². The number of hydrogen-bond donors (Lipinski definition) is 3. The predicted octanol–water partition coefficient (Wildman–Crippen LogP) is 4.72. The van der Waals surface area contributed by atoms with E-state index in [4.69, 9.17) is 5.73 Å². The number of likely N-dealkylation sites (N-methyl/N-ethyl adjacent to an activating group) is 1. The molecular weight excluding hydrogens is 498 g/mol. The molecule has 2 aromatic carbocycles. The molecule has 1 aliphatic carbocycles. The molecule has 0 unspecified atom stereocenters. The van der Waals surface area contributed by atoms with Crippen LogP contribution in [0.25, 0.3) is 6.08 Å². The molecular formula is C33H43N5O2. The molecule has 0 saturated carbocycles. The molecule has 0 aromatic heterocycles. The van der Waals surface area contributed by atoms with Gasteiger partial charge >= 0.3 is 0 Å². The van der Waals surface area contributed by atoms with Crippen molar-refractivity contribution in [3.8, 4) is 0 Å². The lowest BCUT2D eigenvalue weighted by Gasteiger charge is -2.20. The van der Waals surface area contributed by atoms with Gasteiger partial charge in [0.25, 0.3) is 0 Å². The highest BCUT2D eigenvalue weighted by molar-refractivity contribution is 6.02. The number of nitrogens with two attached hydrogens (primary N) is 2. The van der Waals surface area contributed by atoms with E-state index < -0.39 is 5.91 Å². The molecule has 0 atom stereocenters. The molecule has 0 heterocycles. The van der Waals surface area contributed by atoms with Crippen LogP contribution >= 0.6 is 0 Å². The van der Waals surface area contributed by atoms with E-state index in [9.17, 15) is 9.59 Å². The average Bonchev–Trinajstić information content (AvgIpc) is 3.25. The van der Waals surface area contributed by atoms with E-state index in [2.05, 4.69) is 53.3 Å². The quantitative estimate of drug-likeness (QED) is 0.174. The van der Waals surface area contributed by atoms with Crippen molar-refractivity contribution in [2.75, 3.05) is 27.2 Å². The second-order valence-corrected chi connectivity index (χ2v) is 8.73. The van der Waals surface area contributed by atoms with Gasteiger partial charge in [0.1, 0.15) is 5.84 Å². The van der Waals surface area contributed by atoms with E-state index in [1.165, 1.54) is 29.9 Å². The van der Waals surface area contributed by atoms with Crippen LogP contribution in [0.1, 0.15) is 30.0 Å². The van der Waals surface area contributed by atoms with E-state index in [0.29, 0.717) is 18.1 Å². The number of aryl methyl sites for hydroxylation is 1. The first-order valence-corrected chi connectivity index (χ1v) is 13.2. The van der Waals surface area contributed by atoms with Crippen LogP contribution in [-0.4, -0.2) is 50.1 Å². The number of aliphatic imine (C=N–C) groups is 1. The average molecular weight is 542 g/mol. The Labute approximate surface area is 239 Å². The SMILES string of the molecule is CC=Cc1ccc(C)cc1.CN.CN(CC(N)=O)C(=N/C=C(\C=O)NCCc1ccccc1)C1=CCC=CC=C1. The van der Waals surface area contributed by atoms with Crippen LogP contribution in [0.15, 0.2) is 114 Å². The zero-order valence-corrected chi connectivity index (χ0v) is 24.1. The molecule has 1 amide bonds. The normalized spacial score (nSPS) is 12.8. The smallest absolute Gasteiger partial charge is 0.236 e. The van der Waals surface area contributed by atoms with Crippen LogP contribution in [-0.2, 0) is 16.0 Å². The number of allylic oxidation sites excluding steroid dienone is 6. The van der Waals surface area contributed by atoms with E-state index in [1.807, 2.05) is 73.7 Å². The fraction of sp³-hybridized carbons (Fsp3) is 0.242. The molecule has 0 fully saturated rings. The Morgan fingerprint density at radius 3 is 2.40 bits per heavy atom. The molecule has 0 aliphatic heterocycles. The Bertz CT molecular complexity index is 1210. The van der Waals surface area contributed by atoms with Gasteiger partial charge in [-0.05, 0) is 44.9 Å². The number of carbonyl (C=O) groups excluding carboxylic acids is 2. The zero-order chi connectivity index (χ0) is 29.6. The van der Waals surface area contributed by atoms with E-state index in [0.717, 1.165) is 24.7 Å². The number of amides is 1. The molecule has 1 aliphatic rings. The summed E-state index contributed by atoms with van der Waals surface area (Å²) in [6, 6.07) is 18.5. The van der Waals surface area contributed by atoms with Gasteiger partial charge in [0.05, 0.1) is 18.4 Å². The standard InChI is InChI=1S/C22H26N4O2.C10H12.CH5N/c1-26(16-21(23)28)22(19-11-7-2-3-8-12-19)25-15-20(17-27)24-14-13-18-9-5-4-6-10-18;1-3-4-10-7-5-9(2)6-8-10;1-2/h2-7,9-12,15,17,24H,8,13-14,16H2,1H3,(H2,23,28);3-8H,1-2H3;2H2,1H3/b20-15+,25-22?;;. The summed E-state index contributed by atoms with van der Waals surface area (Å²) < 4.78 is 0. The van der Waals surface area contributed by atoms with Gasteiger partial charge in [-0.25, -0.2) is 4.99 Å². The summed E-state index contributed by atoms with van der Waals surface area (Å²) >= 11 is 0. The van der Waals surface area contributed by atoms with Crippen molar-refractivity contribution >= 4 is 24.1 Å². The molecule has 40 heavy (non-hydrogen) atoms. The minimum absolute atomic E-state index is 0.0309. The molecule has 2 aromatic rings. The van der Waals surface area contributed by atoms with Crippen molar-refractivity contribution in [3.63, 3.8) is 0 Å². The molecule has 7 nitrogen and oxygen atoms in total. The lowest BCUT2D eigenvalue weighted by Crippen LogP contribution is -2.36. The number of primary amides is 1. The third-order valence-corrected chi connectivity index (χ3v) is 5.48. The fourth-order valence-corrected chi connectivity index (χ4v) is 3.56. The molecule has 7 heteroatoms. The highest BCUT2D eigenvalue weighted by Gasteiger charge is 2.12. The third-order valence-electron chi connectivity index (χ3n) is 5.48. The van der Waals surface area contributed by atoms with Crippen molar-refractivity contribution in [2.24, 2.45) is 16.5 Å². The number of rotatable bonds is 10. The number of benzene rings is 2. The Balaban J connectivity index is 0.000000555. The van der Waals surface area contributed by atoms with E-state index >= 15 is 0 Å². The largest absolute Gasteiger partial charge is 0.381 e. The predicted molar refractivity (Wildman–Crippen MR) is 169 cm³/mol. The maximum absolute atomic E-state index is 11.4. The van der Waals surface area contributed by atoms with E-state index in [1.54, 1.807) is 11.9 Å². The first-order valence-electron chi connectivity index (χ1n) is 13.2. The number of aldehydes is 1. The monoisotopic (exact) mass is 541 g/mol. The van der Waals surface area contributed by atoms with Crippen LogP contribution in [0.5, 0.6) is 0 Å². The molecule has 212 valence electrons. The molecule has 0 saturated heterocycles. The second-order valence-electron chi connectivity index (χ2n) is 8.73. The summed E-state index contributed by atoms with van der Waals surface area (Å²) in [5.41, 5.74) is 14.8. The van der Waals surface area contributed by atoms with Crippen molar-refractivity contribution in [2.45, 2.75) is 26.7 Å². The van der Waals surface area contributed by atoms with Gasteiger partial charge in [-0.15, -0.1) is 0 Å². The van der Waals surface area contributed by atoms with Crippen molar-refractivity contribution in [3.05, 3.63) is 125 Å². The topological polar surface area (TPSA) is 114 Å². The van der Waals surface area contributed by atoms with Gasteiger partial charge < -0.3 is 21.7 Å². The van der Waals surface area contributed by atoms with Gasteiger partial charge in [0.15, 0.2) is 6.29 Å². The van der Waals surface area contributed by atoms with Crippen molar-refractivity contribution in [1.82, 2.24) is 10.2 Å². The molecule has 3 rings (SSSR count). The first kappa shape index (κ1) is 33.5. The van der Waals surface area contributed by atoms with Crippen LogP contribution in [0.3, 0.4) is 0 Å². The lowest BCUT2D eigenvalue weighted by molar-refractivity contribution is -0.118. The zero-order valence-electron chi connectivity index (χ0n) is 24.1. The first-order chi connectivity index (χ1) is 19.4. The van der Waals surface area contributed by atoms with Gasteiger partial charge in [-0.1, -0.05) is 103 Å². The Kier molecular flexibility index (Phi) is 17.2. The van der Waals surface area contributed by atoms with Gasteiger partial charge in [-0.2, -0.15) is 0 Å². The number of carbonyl (C=O) groups is 2. The summed E-state index contributed by atoms with van der Waals surface area (Å²) in [6.07, 6.45) is 17.7.